The van der Waals surface area contributed by atoms with Gasteiger partial charge in [-0.05, 0) is 51.9 Å². The molecule has 0 aromatic rings. The molecule has 8 heteroatoms. The third kappa shape index (κ3) is 6.18. The van der Waals surface area contributed by atoms with Crippen LogP contribution in [0.2, 0.25) is 0 Å². The SMILES string of the molecule is CCCCC(C)(F)C(C=C[C@H]1[C@H]2[C@@H](C[C@@H]1OC1CCCCO1)OC(=O)[C@@H]2F)OC1CCCCO1. The zero-order chi connectivity index (χ0) is 24.1. The van der Waals surface area contributed by atoms with E-state index in [4.69, 9.17) is 23.7 Å². The zero-order valence-corrected chi connectivity index (χ0v) is 20.5. The Labute approximate surface area is 201 Å². The van der Waals surface area contributed by atoms with Crippen molar-refractivity contribution < 1.29 is 37.3 Å². The minimum atomic E-state index is -1.71. The molecule has 0 N–H and O–H groups in total. The van der Waals surface area contributed by atoms with Gasteiger partial charge in [-0.25, -0.2) is 13.6 Å². The van der Waals surface area contributed by atoms with Crippen LogP contribution in [0.25, 0.3) is 0 Å². The Bertz CT molecular complexity index is 689. The first-order valence-corrected chi connectivity index (χ1v) is 13.1. The van der Waals surface area contributed by atoms with Crippen LogP contribution in [0.5, 0.6) is 0 Å². The molecule has 0 amide bonds. The number of carbonyl (C=O) groups excluding carboxylic acids is 1. The number of ether oxygens (including phenoxy) is 5. The highest BCUT2D eigenvalue weighted by molar-refractivity contribution is 5.77. The van der Waals surface area contributed by atoms with Crippen molar-refractivity contribution >= 4 is 5.97 Å². The molecule has 0 spiro atoms. The molecule has 0 bridgehead atoms. The van der Waals surface area contributed by atoms with Gasteiger partial charge in [-0.1, -0.05) is 31.9 Å². The zero-order valence-electron chi connectivity index (χ0n) is 20.5. The fourth-order valence-electron chi connectivity index (χ4n) is 5.60. The molecule has 0 aromatic heterocycles. The van der Waals surface area contributed by atoms with Gasteiger partial charge in [0.25, 0.3) is 0 Å². The van der Waals surface area contributed by atoms with Crippen LogP contribution in [-0.4, -0.2) is 61.9 Å². The Morgan fingerprint density at radius 3 is 2.50 bits per heavy atom. The Kier molecular flexibility index (Phi) is 8.99. The Balaban J connectivity index is 1.52. The lowest BCUT2D eigenvalue weighted by Gasteiger charge is -2.34. The predicted molar refractivity (Wildman–Crippen MR) is 121 cm³/mol. The molecule has 0 aromatic carbocycles. The van der Waals surface area contributed by atoms with E-state index in [1.165, 1.54) is 0 Å². The fraction of sp³-hybridized carbons (Fsp3) is 0.885. The van der Waals surface area contributed by atoms with Crippen molar-refractivity contribution in [2.45, 2.75) is 121 Å². The van der Waals surface area contributed by atoms with Gasteiger partial charge in [-0.15, -0.1) is 0 Å². The summed E-state index contributed by atoms with van der Waals surface area (Å²) in [5, 5.41) is 0. The summed E-state index contributed by atoms with van der Waals surface area (Å²) in [4.78, 5) is 11.9. The number of hydrogen-bond donors (Lipinski definition) is 0. The summed E-state index contributed by atoms with van der Waals surface area (Å²) in [5.74, 6) is -1.90. The predicted octanol–water partition coefficient (Wildman–Crippen LogP) is 5.18. The lowest BCUT2D eigenvalue weighted by Crippen LogP contribution is -2.40. The molecular formula is C26H40F2O6. The van der Waals surface area contributed by atoms with Crippen molar-refractivity contribution in [3.05, 3.63) is 12.2 Å². The van der Waals surface area contributed by atoms with Crippen LogP contribution in [0, 0.1) is 11.8 Å². The van der Waals surface area contributed by atoms with Gasteiger partial charge in [0, 0.05) is 31.5 Å². The van der Waals surface area contributed by atoms with Crippen molar-refractivity contribution in [1.29, 1.82) is 0 Å². The molecule has 3 heterocycles. The first-order valence-electron chi connectivity index (χ1n) is 13.1. The molecule has 1 aliphatic carbocycles. The summed E-state index contributed by atoms with van der Waals surface area (Å²) < 4.78 is 59.8. The molecule has 4 rings (SSSR count). The highest BCUT2D eigenvalue weighted by Crippen LogP contribution is 2.46. The van der Waals surface area contributed by atoms with Crippen LogP contribution in [-0.2, 0) is 28.5 Å². The summed E-state index contributed by atoms with van der Waals surface area (Å²) in [6.07, 6.45) is 7.09. The van der Waals surface area contributed by atoms with E-state index < -0.39 is 48.1 Å². The van der Waals surface area contributed by atoms with Crippen molar-refractivity contribution in [2.24, 2.45) is 11.8 Å². The maximum atomic E-state index is 15.8. The van der Waals surface area contributed by atoms with Crippen molar-refractivity contribution in [3.8, 4) is 0 Å². The van der Waals surface area contributed by atoms with Gasteiger partial charge in [-0.2, -0.15) is 0 Å². The second kappa shape index (κ2) is 11.8. The largest absolute Gasteiger partial charge is 0.460 e. The third-order valence-electron chi connectivity index (χ3n) is 7.62. The Morgan fingerprint density at radius 1 is 1.15 bits per heavy atom. The van der Waals surface area contributed by atoms with Gasteiger partial charge >= 0.3 is 5.97 Å². The minimum Gasteiger partial charge on any atom is -0.460 e. The third-order valence-corrected chi connectivity index (χ3v) is 7.62. The second-order valence-corrected chi connectivity index (χ2v) is 10.4. The standard InChI is InChI=1S/C26H40F2O6/c1-3-4-13-26(2,28)20(34-22-10-6-8-15-31-22)12-11-17-18(32-21-9-5-7-14-30-21)16-19-23(17)24(27)25(29)33-19/h11-12,17-24H,3-10,13-16H2,1-2H3/t17-,18+,19-,20?,21?,22?,23+,24-,26?/m1/s1. The molecule has 1 saturated carbocycles. The average molecular weight is 487 g/mol. The Morgan fingerprint density at radius 2 is 1.85 bits per heavy atom. The van der Waals surface area contributed by atoms with Crippen LogP contribution in [0.1, 0.15) is 78.1 Å². The molecular weight excluding hydrogens is 446 g/mol. The van der Waals surface area contributed by atoms with E-state index in [0.717, 1.165) is 51.4 Å². The number of halogens is 2. The van der Waals surface area contributed by atoms with Crippen LogP contribution in [0.4, 0.5) is 8.78 Å². The first-order chi connectivity index (χ1) is 16.4. The number of esters is 1. The second-order valence-electron chi connectivity index (χ2n) is 10.4. The van der Waals surface area contributed by atoms with Crippen molar-refractivity contribution in [1.82, 2.24) is 0 Å². The van der Waals surface area contributed by atoms with Crippen LogP contribution < -0.4 is 0 Å². The maximum Gasteiger partial charge on any atom is 0.341 e. The number of alkyl halides is 2. The van der Waals surface area contributed by atoms with Crippen LogP contribution >= 0.6 is 0 Å². The molecule has 0 radical (unpaired) electrons. The van der Waals surface area contributed by atoms with E-state index in [-0.39, 0.29) is 12.4 Å². The number of rotatable bonds is 10. The van der Waals surface area contributed by atoms with Gasteiger partial charge in [0.1, 0.15) is 17.9 Å². The summed E-state index contributed by atoms with van der Waals surface area (Å²) in [6, 6.07) is 0. The van der Waals surface area contributed by atoms with Crippen molar-refractivity contribution in [2.75, 3.05) is 13.2 Å². The fourth-order valence-corrected chi connectivity index (χ4v) is 5.60. The highest BCUT2D eigenvalue weighted by atomic mass is 19.1. The highest BCUT2D eigenvalue weighted by Gasteiger charge is 2.56. The quantitative estimate of drug-likeness (QED) is 0.313. The number of hydrogen-bond acceptors (Lipinski definition) is 6. The molecule has 4 fully saturated rings. The van der Waals surface area contributed by atoms with Crippen molar-refractivity contribution in [3.63, 3.8) is 0 Å². The van der Waals surface area contributed by atoms with E-state index in [0.29, 0.717) is 26.1 Å². The number of unbranched alkanes of at least 4 members (excludes halogenated alkanes) is 1. The monoisotopic (exact) mass is 486 g/mol. The molecule has 3 aliphatic heterocycles. The summed E-state index contributed by atoms with van der Waals surface area (Å²) in [5.41, 5.74) is -1.61. The topological polar surface area (TPSA) is 63.2 Å². The van der Waals surface area contributed by atoms with Crippen LogP contribution in [0.3, 0.4) is 0 Å². The van der Waals surface area contributed by atoms with Gasteiger partial charge in [0.15, 0.2) is 12.6 Å². The minimum absolute atomic E-state index is 0.346. The first kappa shape index (κ1) is 26.0. The van der Waals surface area contributed by atoms with Gasteiger partial charge < -0.3 is 23.7 Å². The molecule has 4 aliphatic rings. The van der Waals surface area contributed by atoms with E-state index in [9.17, 15) is 9.18 Å². The molecule has 4 unspecified atom stereocenters. The molecule has 3 saturated heterocycles. The average Bonchev–Trinajstić information content (AvgIpc) is 3.30. The maximum absolute atomic E-state index is 15.8. The van der Waals surface area contributed by atoms with E-state index in [2.05, 4.69) is 0 Å². The van der Waals surface area contributed by atoms with Gasteiger partial charge in [0.05, 0.1) is 6.10 Å². The smallest absolute Gasteiger partial charge is 0.341 e. The van der Waals surface area contributed by atoms with E-state index in [1.807, 2.05) is 6.92 Å². The van der Waals surface area contributed by atoms with Crippen LogP contribution in [0.15, 0.2) is 12.2 Å². The molecule has 194 valence electrons. The van der Waals surface area contributed by atoms with Gasteiger partial charge in [0.2, 0.25) is 6.17 Å². The lowest BCUT2D eigenvalue weighted by molar-refractivity contribution is -0.202. The number of carbonyl (C=O) groups is 1. The molecule has 34 heavy (non-hydrogen) atoms. The Hall–Kier alpha value is -1.09. The summed E-state index contributed by atoms with van der Waals surface area (Å²) >= 11 is 0. The van der Waals surface area contributed by atoms with E-state index >= 15 is 4.39 Å². The summed E-state index contributed by atoms with van der Waals surface area (Å²) in [7, 11) is 0. The van der Waals surface area contributed by atoms with E-state index in [1.54, 1.807) is 19.1 Å². The number of fused-ring (bicyclic) bond motifs is 1. The molecule has 9 atom stereocenters. The summed E-state index contributed by atoms with van der Waals surface area (Å²) in [6.45, 7) is 4.83. The lowest BCUT2D eigenvalue weighted by atomic mass is 9.88. The van der Waals surface area contributed by atoms with Gasteiger partial charge in [-0.3, -0.25) is 0 Å². The normalized spacial score (nSPS) is 39.1. The molecule has 6 nitrogen and oxygen atoms in total.